The van der Waals surface area contributed by atoms with E-state index >= 15 is 0 Å². The van der Waals surface area contributed by atoms with Gasteiger partial charge >= 0.3 is 5.97 Å². The molecule has 18 atom stereocenters. The minimum atomic E-state index is -3.08. The molecule has 3 heterocycles. The van der Waals surface area contributed by atoms with Crippen LogP contribution in [0.2, 0.25) is 0 Å². The number of hydrogen-bond donors (Lipinski definition) is 14. The van der Waals surface area contributed by atoms with Crippen molar-refractivity contribution < 1.29 is 104 Å². The summed E-state index contributed by atoms with van der Waals surface area (Å²) in [6.07, 6.45) is 23.9. The minimum absolute atomic E-state index is 0.230. The number of ether oxygens (including phenoxy) is 6. The van der Waals surface area contributed by atoms with E-state index < -0.39 is 148 Å². The Morgan fingerprint density at radius 1 is 0.500 bits per heavy atom. The largest absolute Gasteiger partial charge is 0.477 e. The number of carboxylic acids is 1. The van der Waals surface area contributed by atoms with E-state index in [1.54, 1.807) is 0 Å². The van der Waals surface area contributed by atoms with Gasteiger partial charge in [-0.15, -0.1) is 0 Å². The van der Waals surface area contributed by atoms with Gasteiger partial charge in [-0.05, 0) is 12.8 Å². The lowest BCUT2D eigenvalue weighted by molar-refractivity contribution is -0.386. The number of aliphatic carboxylic acids is 1. The second-order valence-electron chi connectivity index (χ2n) is 28.2. The quantitative estimate of drug-likeness (QED) is 0.0253. The smallest absolute Gasteiger partial charge is 0.364 e. The molecular weight excluding hydrogens is 1240 g/mol. The van der Waals surface area contributed by atoms with E-state index in [2.05, 4.69) is 24.5 Å². The van der Waals surface area contributed by atoms with Crippen LogP contribution in [0.25, 0.3) is 0 Å². The molecule has 3 aliphatic rings. The first kappa shape index (κ1) is 87.9. The number of nitrogens with one attached hydrogen (secondary N) is 2. The summed E-state index contributed by atoms with van der Waals surface area (Å²) < 4.78 is 34.9. The summed E-state index contributed by atoms with van der Waals surface area (Å²) in [5, 5.41) is 136. The predicted molar refractivity (Wildman–Crippen MR) is 366 cm³/mol. The number of unbranched alkanes of at least 4 members (excludes halogenated alkanes) is 40. The van der Waals surface area contributed by atoms with Crippen LogP contribution < -0.4 is 10.6 Å². The summed E-state index contributed by atoms with van der Waals surface area (Å²) in [6.45, 7) is 2.25. The van der Waals surface area contributed by atoms with Crippen molar-refractivity contribution in [2.24, 2.45) is 0 Å². The Bertz CT molecular complexity index is 1930. The van der Waals surface area contributed by atoms with Gasteiger partial charge in [-0.1, -0.05) is 277 Å². The first-order chi connectivity index (χ1) is 46.4. The molecule has 0 bridgehead atoms. The molecule has 3 saturated heterocycles. The standard InChI is InChI=1S/C73H138N2O21/c1-4-6-8-10-12-14-16-18-20-22-23-24-25-26-27-28-29-30-31-33-35-37-39-41-43-45-47-60(83)75-54(55(80)46-44-42-40-38-36-34-32-21-19-17-15-13-11-9-7-5-2)52-91-70-65(87)64(86)67(59(51-78)93-70)94-71-66(88)69(63(85)58(50-77)92-71)96-73(72(89)90)48-56(81)61(74-53(3)79)68(95-73)62(84)57(82)49-76/h54-59,61-71,76-78,80-82,84-88H,4-52H2,1-3H3,(H,74,79)(H,75,83)(H,89,90). The highest BCUT2D eigenvalue weighted by atomic mass is 16.8. The SMILES string of the molecule is CCCCCCCCCCCCCCCCCCCCCCCCCCCCC(=O)NC(COC1OC(CO)C(OC2OC(CO)C(O)C(OC3(C(=O)O)CC(O)C(NC(C)=O)C(C(O)C(O)CO)O3)C2O)C(O)C1O)C(O)CCCCCCCCCCCCCCCCCC. The first-order valence-corrected chi connectivity index (χ1v) is 38.4. The van der Waals surface area contributed by atoms with Crippen molar-refractivity contribution in [2.75, 3.05) is 26.4 Å². The minimum Gasteiger partial charge on any atom is -0.477 e. The third-order valence-corrected chi connectivity index (χ3v) is 19.8. The molecule has 96 heavy (non-hydrogen) atoms. The maximum absolute atomic E-state index is 13.5. The molecule has 0 aromatic rings. The molecule has 0 aromatic carbocycles. The Balaban J connectivity index is 1.52. The van der Waals surface area contributed by atoms with Crippen molar-refractivity contribution in [1.82, 2.24) is 10.6 Å². The average Bonchev–Trinajstić information content (AvgIpc) is 0.757. The summed E-state index contributed by atoms with van der Waals surface area (Å²) in [5.41, 5.74) is 0. The van der Waals surface area contributed by atoms with Gasteiger partial charge in [0.25, 0.3) is 5.79 Å². The van der Waals surface area contributed by atoms with Crippen LogP contribution in [-0.2, 0) is 42.8 Å². The number of amides is 2. The molecule has 0 aromatic heterocycles. The summed E-state index contributed by atoms with van der Waals surface area (Å²) in [6, 6.07) is -2.52. The van der Waals surface area contributed by atoms with Crippen LogP contribution in [0.4, 0.5) is 0 Å². The van der Waals surface area contributed by atoms with Crippen LogP contribution in [-0.4, -0.2) is 215 Å². The zero-order valence-corrected chi connectivity index (χ0v) is 59.5. The molecule has 0 saturated carbocycles. The van der Waals surface area contributed by atoms with Gasteiger partial charge in [0.2, 0.25) is 11.8 Å². The van der Waals surface area contributed by atoms with Gasteiger partial charge in [0.1, 0.15) is 67.1 Å². The summed E-state index contributed by atoms with van der Waals surface area (Å²) in [7, 11) is 0. The molecule has 3 rings (SSSR count). The molecule has 0 spiro atoms. The highest BCUT2D eigenvalue weighted by Crippen LogP contribution is 2.39. The zero-order valence-electron chi connectivity index (χ0n) is 59.5. The highest BCUT2D eigenvalue weighted by molar-refractivity contribution is 5.77. The molecule has 23 nitrogen and oxygen atoms in total. The third kappa shape index (κ3) is 34.6. The van der Waals surface area contributed by atoms with E-state index in [9.17, 15) is 75.7 Å². The molecule has 0 radical (unpaired) electrons. The van der Waals surface area contributed by atoms with Crippen molar-refractivity contribution in [3.8, 4) is 0 Å². The van der Waals surface area contributed by atoms with E-state index in [4.69, 9.17) is 28.4 Å². The predicted octanol–water partition coefficient (Wildman–Crippen LogP) is 8.85. The molecule has 18 unspecified atom stereocenters. The Morgan fingerprint density at radius 2 is 0.906 bits per heavy atom. The molecule has 3 aliphatic heterocycles. The number of rotatable bonds is 60. The van der Waals surface area contributed by atoms with E-state index in [0.29, 0.717) is 19.3 Å². The van der Waals surface area contributed by atoms with Crippen LogP contribution in [0, 0.1) is 0 Å². The number of aliphatic hydroxyl groups is 11. The van der Waals surface area contributed by atoms with Gasteiger partial charge in [-0.25, -0.2) is 4.79 Å². The molecule has 23 heteroatoms. The second-order valence-corrected chi connectivity index (χ2v) is 28.2. The lowest BCUT2D eigenvalue weighted by Crippen LogP contribution is -2.70. The Hall–Kier alpha value is -2.27. The maximum atomic E-state index is 13.5. The fraction of sp³-hybridized carbons (Fsp3) is 0.959. The fourth-order valence-corrected chi connectivity index (χ4v) is 13.7. The van der Waals surface area contributed by atoms with E-state index in [0.717, 1.165) is 51.9 Å². The number of carbonyl (C=O) groups excluding carboxylic acids is 2. The molecule has 0 aliphatic carbocycles. The van der Waals surface area contributed by atoms with Gasteiger partial charge in [0.05, 0.1) is 50.7 Å². The first-order valence-electron chi connectivity index (χ1n) is 38.4. The lowest BCUT2D eigenvalue weighted by atomic mass is 9.88. The summed E-state index contributed by atoms with van der Waals surface area (Å²) in [4.78, 5) is 38.6. The number of carboxylic acid groups (broad SMARTS) is 1. The van der Waals surface area contributed by atoms with Crippen molar-refractivity contribution in [2.45, 2.75) is 420 Å². The van der Waals surface area contributed by atoms with Gasteiger partial charge in [-0.3, -0.25) is 9.59 Å². The van der Waals surface area contributed by atoms with Crippen LogP contribution in [0.5, 0.6) is 0 Å². The zero-order chi connectivity index (χ0) is 70.4. The molecule has 2 amide bonds. The normalized spacial score (nSPS) is 27.5. The Kier molecular flexibility index (Phi) is 49.0. The van der Waals surface area contributed by atoms with Crippen LogP contribution in [0.3, 0.4) is 0 Å². The Labute approximate surface area is 576 Å². The molecule has 14 N–H and O–H groups in total. The van der Waals surface area contributed by atoms with E-state index in [1.165, 1.54) is 212 Å². The number of aliphatic hydroxyl groups excluding tert-OH is 11. The third-order valence-electron chi connectivity index (χ3n) is 19.8. The van der Waals surface area contributed by atoms with Crippen LogP contribution in [0.15, 0.2) is 0 Å². The van der Waals surface area contributed by atoms with Gasteiger partial charge < -0.3 is 100 Å². The average molecular weight is 1380 g/mol. The van der Waals surface area contributed by atoms with Crippen molar-refractivity contribution in [3.63, 3.8) is 0 Å². The number of carbonyl (C=O) groups is 3. The number of hydrogen-bond acceptors (Lipinski definition) is 20. The van der Waals surface area contributed by atoms with Crippen LogP contribution >= 0.6 is 0 Å². The molecule has 566 valence electrons. The van der Waals surface area contributed by atoms with Gasteiger partial charge in [0.15, 0.2) is 12.6 Å². The summed E-state index contributed by atoms with van der Waals surface area (Å²) in [5.74, 6) is -6.09. The van der Waals surface area contributed by atoms with Crippen LogP contribution in [0.1, 0.15) is 310 Å². The maximum Gasteiger partial charge on any atom is 0.364 e. The Morgan fingerprint density at radius 3 is 1.30 bits per heavy atom. The van der Waals surface area contributed by atoms with Crippen molar-refractivity contribution >= 4 is 17.8 Å². The molecular formula is C73H138N2O21. The monoisotopic (exact) mass is 1380 g/mol. The van der Waals surface area contributed by atoms with Gasteiger partial charge in [0, 0.05) is 19.8 Å². The van der Waals surface area contributed by atoms with Crippen molar-refractivity contribution in [1.29, 1.82) is 0 Å². The van der Waals surface area contributed by atoms with Gasteiger partial charge in [-0.2, -0.15) is 0 Å². The topological polar surface area (TPSA) is 373 Å². The molecule has 3 fully saturated rings. The van der Waals surface area contributed by atoms with E-state index in [1.807, 2.05) is 0 Å². The highest BCUT2D eigenvalue weighted by Gasteiger charge is 2.60. The fourth-order valence-electron chi connectivity index (χ4n) is 13.7. The van der Waals surface area contributed by atoms with Crippen molar-refractivity contribution in [3.05, 3.63) is 0 Å². The summed E-state index contributed by atoms with van der Waals surface area (Å²) >= 11 is 0. The lowest BCUT2D eigenvalue weighted by Gasteiger charge is -2.50. The van der Waals surface area contributed by atoms with E-state index in [-0.39, 0.29) is 18.9 Å². The second kappa shape index (κ2) is 53.5.